The molecule has 1 aliphatic rings. The average molecular weight is 224 g/mol. The minimum absolute atomic E-state index is 0.279. The van der Waals surface area contributed by atoms with Crippen LogP contribution in [0.15, 0.2) is 12.4 Å². The second kappa shape index (κ2) is 5.32. The van der Waals surface area contributed by atoms with Crippen LogP contribution >= 0.6 is 0 Å². The molecule has 1 atom stereocenters. The van der Waals surface area contributed by atoms with E-state index in [1.165, 1.54) is 0 Å². The summed E-state index contributed by atoms with van der Waals surface area (Å²) in [4.78, 5) is 6.67. The molecule has 1 fully saturated rings. The first-order valence-electron chi connectivity index (χ1n) is 5.82. The van der Waals surface area contributed by atoms with Gasteiger partial charge in [0.1, 0.15) is 0 Å². The van der Waals surface area contributed by atoms with Gasteiger partial charge < -0.3 is 19.9 Å². The van der Waals surface area contributed by atoms with Gasteiger partial charge in [0.2, 0.25) is 5.95 Å². The molecular weight excluding hydrogens is 204 g/mol. The number of hydrogen-bond donors (Lipinski definition) is 1. The zero-order valence-corrected chi connectivity index (χ0v) is 9.80. The molecule has 2 heterocycles. The highest BCUT2D eigenvalue weighted by atomic mass is 16.5. The third-order valence-corrected chi connectivity index (χ3v) is 2.97. The Labute approximate surface area is 96.2 Å². The maximum Gasteiger partial charge on any atom is 0.205 e. The first-order chi connectivity index (χ1) is 7.81. The van der Waals surface area contributed by atoms with Gasteiger partial charge in [0.15, 0.2) is 0 Å². The first kappa shape index (κ1) is 11.4. The van der Waals surface area contributed by atoms with Crippen LogP contribution in [0.25, 0.3) is 0 Å². The van der Waals surface area contributed by atoms with E-state index >= 15 is 0 Å². The number of anilines is 1. The molecule has 1 aromatic heterocycles. The molecule has 5 nitrogen and oxygen atoms in total. The van der Waals surface area contributed by atoms with Crippen LogP contribution in [0.5, 0.6) is 0 Å². The normalized spacial score (nSPS) is 21.4. The predicted octanol–water partition coefficient (Wildman–Crippen LogP) is 0.457. The molecule has 1 aliphatic heterocycles. The Morgan fingerprint density at radius 1 is 1.62 bits per heavy atom. The van der Waals surface area contributed by atoms with E-state index in [2.05, 4.69) is 14.5 Å². The van der Waals surface area contributed by atoms with Gasteiger partial charge in [-0.25, -0.2) is 4.98 Å². The minimum Gasteiger partial charge on any atom is -0.383 e. The Hall–Kier alpha value is -1.07. The van der Waals surface area contributed by atoms with E-state index in [1.807, 2.05) is 12.4 Å². The van der Waals surface area contributed by atoms with Gasteiger partial charge in [0, 0.05) is 45.2 Å². The number of piperidine rings is 1. The molecule has 0 unspecified atom stereocenters. The second-order valence-electron chi connectivity index (χ2n) is 4.26. The Morgan fingerprint density at radius 3 is 3.25 bits per heavy atom. The second-order valence-corrected chi connectivity index (χ2v) is 4.26. The van der Waals surface area contributed by atoms with E-state index in [9.17, 15) is 0 Å². The van der Waals surface area contributed by atoms with Crippen molar-refractivity contribution in [2.45, 2.75) is 25.4 Å². The number of rotatable bonds is 4. The van der Waals surface area contributed by atoms with E-state index in [4.69, 9.17) is 10.5 Å². The number of ether oxygens (including phenoxy) is 1. The Kier molecular flexibility index (Phi) is 3.79. The summed E-state index contributed by atoms with van der Waals surface area (Å²) >= 11 is 0. The highest BCUT2D eigenvalue weighted by molar-refractivity contribution is 5.32. The van der Waals surface area contributed by atoms with Crippen LogP contribution in [-0.2, 0) is 11.3 Å². The van der Waals surface area contributed by atoms with Gasteiger partial charge in [-0.2, -0.15) is 0 Å². The van der Waals surface area contributed by atoms with Crippen LogP contribution in [0.4, 0.5) is 5.95 Å². The molecule has 0 amide bonds. The van der Waals surface area contributed by atoms with Gasteiger partial charge in [0.05, 0.1) is 6.61 Å². The zero-order chi connectivity index (χ0) is 11.4. The fourth-order valence-corrected chi connectivity index (χ4v) is 2.14. The van der Waals surface area contributed by atoms with Crippen molar-refractivity contribution >= 4 is 5.95 Å². The monoisotopic (exact) mass is 224 g/mol. The van der Waals surface area contributed by atoms with Crippen molar-refractivity contribution in [2.75, 3.05) is 31.7 Å². The largest absolute Gasteiger partial charge is 0.383 e. The zero-order valence-electron chi connectivity index (χ0n) is 9.80. The van der Waals surface area contributed by atoms with E-state index in [0.29, 0.717) is 6.61 Å². The first-order valence-corrected chi connectivity index (χ1v) is 5.82. The van der Waals surface area contributed by atoms with Crippen molar-refractivity contribution in [2.24, 2.45) is 5.73 Å². The molecule has 1 saturated heterocycles. The summed E-state index contributed by atoms with van der Waals surface area (Å²) in [7, 11) is 1.72. The summed E-state index contributed by atoms with van der Waals surface area (Å²) in [6, 6.07) is 0.279. The van der Waals surface area contributed by atoms with E-state index in [-0.39, 0.29) is 6.04 Å². The average Bonchev–Trinajstić information content (AvgIpc) is 2.74. The molecule has 1 aromatic rings. The Morgan fingerprint density at radius 2 is 2.50 bits per heavy atom. The lowest BCUT2D eigenvalue weighted by molar-refractivity contribution is 0.187. The fourth-order valence-electron chi connectivity index (χ4n) is 2.14. The van der Waals surface area contributed by atoms with Crippen LogP contribution in [-0.4, -0.2) is 42.4 Å². The molecule has 5 heteroatoms. The number of hydrogen-bond acceptors (Lipinski definition) is 4. The van der Waals surface area contributed by atoms with Crippen molar-refractivity contribution in [3.63, 3.8) is 0 Å². The molecule has 0 radical (unpaired) electrons. The predicted molar refractivity (Wildman–Crippen MR) is 63.5 cm³/mol. The summed E-state index contributed by atoms with van der Waals surface area (Å²) in [6.45, 7) is 3.52. The lowest BCUT2D eigenvalue weighted by Crippen LogP contribution is -2.44. The number of nitrogens with zero attached hydrogens (tertiary/aromatic N) is 3. The van der Waals surface area contributed by atoms with Crippen LogP contribution in [0.3, 0.4) is 0 Å². The minimum atomic E-state index is 0.279. The van der Waals surface area contributed by atoms with Crippen molar-refractivity contribution in [1.82, 2.24) is 9.55 Å². The number of methoxy groups -OCH3 is 1. The van der Waals surface area contributed by atoms with Crippen molar-refractivity contribution in [1.29, 1.82) is 0 Å². The van der Waals surface area contributed by atoms with Crippen LogP contribution < -0.4 is 10.6 Å². The summed E-state index contributed by atoms with van der Waals surface area (Å²) in [5.41, 5.74) is 5.98. The number of nitrogens with two attached hydrogens (primary N) is 1. The lowest BCUT2D eigenvalue weighted by atomic mass is 10.1. The maximum absolute atomic E-state index is 5.98. The van der Waals surface area contributed by atoms with Gasteiger partial charge in [-0.15, -0.1) is 0 Å². The van der Waals surface area contributed by atoms with Crippen LogP contribution in [0.1, 0.15) is 12.8 Å². The summed E-state index contributed by atoms with van der Waals surface area (Å²) in [5.74, 6) is 1.02. The van der Waals surface area contributed by atoms with Gasteiger partial charge in [0.25, 0.3) is 0 Å². The number of aromatic nitrogens is 2. The number of imidazole rings is 1. The van der Waals surface area contributed by atoms with Crippen molar-refractivity contribution in [3.05, 3.63) is 12.4 Å². The molecular formula is C11H20N4O. The van der Waals surface area contributed by atoms with Gasteiger partial charge in [-0.05, 0) is 12.8 Å². The van der Waals surface area contributed by atoms with Crippen molar-refractivity contribution in [3.8, 4) is 0 Å². The molecule has 0 aliphatic carbocycles. The SMILES string of the molecule is COCCn1ccnc1N1CCC[C@@H](N)C1. The maximum atomic E-state index is 5.98. The highest BCUT2D eigenvalue weighted by Gasteiger charge is 2.19. The van der Waals surface area contributed by atoms with E-state index in [1.54, 1.807) is 7.11 Å². The lowest BCUT2D eigenvalue weighted by Gasteiger charge is -2.31. The standard InChI is InChI=1S/C11H20N4O/c1-16-8-7-14-6-4-13-11(14)15-5-2-3-10(12)9-15/h4,6,10H,2-3,5,7-9,12H2,1H3/t10-/m1/s1. The van der Waals surface area contributed by atoms with E-state index in [0.717, 1.165) is 38.4 Å². The van der Waals surface area contributed by atoms with Gasteiger partial charge in [-0.1, -0.05) is 0 Å². The molecule has 2 rings (SSSR count). The highest BCUT2D eigenvalue weighted by Crippen LogP contribution is 2.17. The van der Waals surface area contributed by atoms with Gasteiger partial charge >= 0.3 is 0 Å². The molecule has 90 valence electrons. The molecule has 0 bridgehead atoms. The van der Waals surface area contributed by atoms with Crippen molar-refractivity contribution < 1.29 is 4.74 Å². The Balaban J connectivity index is 2.04. The Bertz CT molecular complexity index is 326. The summed E-state index contributed by atoms with van der Waals surface area (Å²) in [5, 5.41) is 0. The third kappa shape index (κ3) is 2.54. The molecule has 0 spiro atoms. The quantitative estimate of drug-likeness (QED) is 0.807. The molecule has 16 heavy (non-hydrogen) atoms. The van der Waals surface area contributed by atoms with Crippen LogP contribution in [0, 0.1) is 0 Å². The molecule has 0 saturated carbocycles. The summed E-state index contributed by atoms with van der Waals surface area (Å²) in [6.07, 6.45) is 6.10. The van der Waals surface area contributed by atoms with Gasteiger partial charge in [-0.3, -0.25) is 0 Å². The smallest absolute Gasteiger partial charge is 0.205 e. The topological polar surface area (TPSA) is 56.3 Å². The molecule has 2 N–H and O–H groups in total. The summed E-state index contributed by atoms with van der Waals surface area (Å²) < 4.78 is 7.21. The van der Waals surface area contributed by atoms with Crippen LogP contribution in [0.2, 0.25) is 0 Å². The third-order valence-electron chi connectivity index (χ3n) is 2.97. The van der Waals surface area contributed by atoms with E-state index < -0.39 is 0 Å². The molecule has 0 aromatic carbocycles. The fraction of sp³-hybridized carbons (Fsp3) is 0.727.